The van der Waals surface area contributed by atoms with Crippen LogP contribution in [0.4, 0.5) is 4.79 Å². The van der Waals surface area contributed by atoms with Crippen molar-refractivity contribution >= 4 is 31.7 Å². The third-order valence-corrected chi connectivity index (χ3v) is 4.45. The molecule has 0 saturated carbocycles. The standard InChI is InChI=1S/C19H36N3O12P/c1-14(2)22-19(26)21-5-7-29-9-10-30-13-18(25)20-6-8-32-35(27,28)33-12-17(34-16(4)24)11-31-15(3)23/h14,17H,5-13H2,1-4H3,(H,20,25)(H,27,28)(H2,21,22,26)/t17-/m1/s1. The summed E-state index contributed by atoms with van der Waals surface area (Å²) in [6.07, 6.45) is -1.10. The zero-order valence-corrected chi connectivity index (χ0v) is 21.3. The number of nitrogens with one attached hydrogen (secondary N) is 3. The second-order valence-electron chi connectivity index (χ2n) is 7.20. The fourth-order valence-electron chi connectivity index (χ4n) is 2.11. The lowest BCUT2D eigenvalue weighted by molar-refractivity contribution is -0.158. The van der Waals surface area contributed by atoms with Crippen molar-refractivity contribution in [3.63, 3.8) is 0 Å². The highest BCUT2D eigenvalue weighted by Crippen LogP contribution is 2.43. The molecule has 0 saturated heterocycles. The van der Waals surface area contributed by atoms with Gasteiger partial charge in [-0.25, -0.2) is 9.36 Å². The summed E-state index contributed by atoms with van der Waals surface area (Å²) in [5.41, 5.74) is 0. The Bertz CT molecular complexity index is 707. The van der Waals surface area contributed by atoms with Gasteiger partial charge < -0.3 is 39.8 Å². The van der Waals surface area contributed by atoms with Crippen LogP contribution in [0.3, 0.4) is 0 Å². The number of rotatable bonds is 19. The van der Waals surface area contributed by atoms with Crippen molar-refractivity contribution in [2.75, 3.05) is 59.3 Å². The molecule has 0 fully saturated rings. The number of hydrogen-bond acceptors (Lipinski definition) is 11. The van der Waals surface area contributed by atoms with Crippen LogP contribution < -0.4 is 16.0 Å². The molecule has 204 valence electrons. The summed E-state index contributed by atoms with van der Waals surface area (Å²) in [5, 5.41) is 7.70. The van der Waals surface area contributed by atoms with Gasteiger partial charge in [0, 0.05) is 33.0 Å². The van der Waals surface area contributed by atoms with Gasteiger partial charge in [0.2, 0.25) is 5.91 Å². The lowest BCUT2D eigenvalue weighted by Gasteiger charge is -2.18. The van der Waals surface area contributed by atoms with Gasteiger partial charge in [0.1, 0.15) is 13.2 Å². The molecule has 3 amide bonds. The number of amides is 3. The average Bonchev–Trinajstić information content (AvgIpc) is 2.74. The molecule has 0 bridgehead atoms. The maximum atomic E-state index is 11.9. The maximum Gasteiger partial charge on any atom is 0.472 e. The number of carbonyl (C=O) groups is 4. The fraction of sp³-hybridized carbons (Fsp3) is 0.789. The second kappa shape index (κ2) is 19.0. The van der Waals surface area contributed by atoms with E-state index in [0.717, 1.165) is 13.8 Å². The highest BCUT2D eigenvalue weighted by atomic mass is 31.2. The zero-order valence-electron chi connectivity index (χ0n) is 20.4. The number of hydrogen-bond donors (Lipinski definition) is 4. The van der Waals surface area contributed by atoms with Crippen molar-refractivity contribution in [3.8, 4) is 0 Å². The second-order valence-corrected chi connectivity index (χ2v) is 8.65. The first-order valence-electron chi connectivity index (χ1n) is 10.8. The summed E-state index contributed by atoms with van der Waals surface area (Å²) >= 11 is 0. The van der Waals surface area contributed by atoms with Crippen LogP contribution >= 0.6 is 7.82 Å². The topological polar surface area (TPSA) is 197 Å². The summed E-state index contributed by atoms with van der Waals surface area (Å²) in [7, 11) is -4.51. The Hall–Kier alpha value is -2.29. The molecule has 1 unspecified atom stereocenters. The molecule has 0 aliphatic heterocycles. The molecular weight excluding hydrogens is 493 g/mol. The summed E-state index contributed by atoms with van der Waals surface area (Å²) in [6, 6.07) is -0.245. The van der Waals surface area contributed by atoms with Crippen LogP contribution in [0.2, 0.25) is 0 Å². The van der Waals surface area contributed by atoms with Gasteiger partial charge in [-0.2, -0.15) is 0 Å². The minimum Gasteiger partial charge on any atom is -0.462 e. The van der Waals surface area contributed by atoms with Gasteiger partial charge in [0.25, 0.3) is 0 Å². The molecule has 16 heteroatoms. The zero-order chi connectivity index (χ0) is 26.7. The first kappa shape index (κ1) is 32.7. The van der Waals surface area contributed by atoms with Gasteiger partial charge in [-0.15, -0.1) is 0 Å². The Morgan fingerprint density at radius 3 is 2.14 bits per heavy atom. The van der Waals surface area contributed by atoms with Crippen LogP contribution in [0.5, 0.6) is 0 Å². The van der Waals surface area contributed by atoms with Gasteiger partial charge in [-0.3, -0.25) is 23.4 Å². The molecule has 0 aliphatic rings. The molecular formula is C19H36N3O12P. The van der Waals surface area contributed by atoms with Crippen LogP contribution in [0, 0.1) is 0 Å². The Morgan fingerprint density at radius 1 is 0.857 bits per heavy atom. The van der Waals surface area contributed by atoms with Crippen LogP contribution in [0.1, 0.15) is 27.7 Å². The predicted octanol–water partition coefficient (Wildman–Crippen LogP) is -0.528. The largest absolute Gasteiger partial charge is 0.472 e. The Morgan fingerprint density at radius 2 is 1.51 bits per heavy atom. The van der Waals surface area contributed by atoms with Crippen LogP contribution in [0.25, 0.3) is 0 Å². The number of esters is 2. The van der Waals surface area contributed by atoms with Crippen LogP contribution in [-0.2, 0) is 46.9 Å². The van der Waals surface area contributed by atoms with Crippen molar-refractivity contribution in [3.05, 3.63) is 0 Å². The van der Waals surface area contributed by atoms with Crippen molar-refractivity contribution in [2.24, 2.45) is 0 Å². The molecule has 0 aromatic carbocycles. The molecule has 35 heavy (non-hydrogen) atoms. The molecule has 0 radical (unpaired) electrons. The smallest absolute Gasteiger partial charge is 0.462 e. The third-order valence-electron chi connectivity index (χ3n) is 3.46. The van der Waals surface area contributed by atoms with Crippen LogP contribution in [0.15, 0.2) is 0 Å². The van der Waals surface area contributed by atoms with Crippen LogP contribution in [-0.4, -0.2) is 100 Å². The number of urea groups is 1. The Labute approximate surface area is 204 Å². The van der Waals surface area contributed by atoms with Gasteiger partial charge in [-0.05, 0) is 13.8 Å². The molecule has 0 aromatic heterocycles. The average molecular weight is 529 g/mol. The molecule has 15 nitrogen and oxygen atoms in total. The van der Waals surface area contributed by atoms with Crippen molar-refractivity contribution in [1.82, 2.24) is 16.0 Å². The normalized spacial score (nSPS) is 13.4. The SMILES string of the molecule is CC(=O)OC[C@H](COP(=O)(O)OCCNC(=O)COCCOCCNC(=O)NC(C)C)OC(C)=O. The van der Waals surface area contributed by atoms with E-state index in [0.29, 0.717) is 6.54 Å². The number of phosphoric acid groups is 1. The molecule has 4 N–H and O–H groups in total. The summed E-state index contributed by atoms with van der Waals surface area (Å²) in [5.74, 6) is -1.80. The van der Waals surface area contributed by atoms with E-state index in [1.807, 2.05) is 13.8 Å². The number of ether oxygens (including phenoxy) is 4. The molecule has 0 rings (SSSR count). The molecule has 0 aliphatic carbocycles. The quantitative estimate of drug-likeness (QED) is 0.0950. The Kier molecular flexibility index (Phi) is 17.7. The number of phosphoric ester groups is 1. The fourth-order valence-corrected chi connectivity index (χ4v) is 2.86. The van der Waals surface area contributed by atoms with E-state index >= 15 is 0 Å². The summed E-state index contributed by atoms with van der Waals surface area (Å²) < 4.78 is 41.2. The molecule has 2 atom stereocenters. The van der Waals surface area contributed by atoms with Gasteiger partial charge in [-0.1, -0.05) is 0 Å². The highest BCUT2D eigenvalue weighted by Gasteiger charge is 2.25. The lowest BCUT2D eigenvalue weighted by atomic mass is 10.4. The first-order valence-corrected chi connectivity index (χ1v) is 12.3. The van der Waals surface area contributed by atoms with Gasteiger partial charge >= 0.3 is 25.8 Å². The number of carbonyl (C=O) groups excluding carboxylic acids is 4. The lowest BCUT2D eigenvalue weighted by Crippen LogP contribution is -2.40. The van der Waals surface area contributed by atoms with E-state index in [-0.39, 0.29) is 58.3 Å². The van der Waals surface area contributed by atoms with Crippen molar-refractivity contribution in [1.29, 1.82) is 0 Å². The summed E-state index contributed by atoms with van der Waals surface area (Å²) in [6.45, 7) is 5.33. The first-order chi connectivity index (χ1) is 16.4. The van der Waals surface area contributed by atoms with Gasteiger partial charge in [0.05, 0.1) is 33.0 Å². The third kappa shape index (κ3) is 21.9. The highest BCUT2D eigenvalue weighted by molar-refractivity contribution is 7.47. The van der Waals surface area contributed by atoms with Crippen molar-refractivity contribution < 1.29 is 56.6 Å². The molecule has 0 aromatic rings. The predicted molar refractivity (Wildman–Crippen MR) is 120 cm³/mol. The van der Waals surface area contributed by atoms with E-state index in [4.69, 9.17) is 23.3 Å². The van der Waals surface area contributed by atoms with E-state index in [1.165, 1.54) is 0 Å². The minimum absolute atomic E-state index is 0.0369. The molecule has 0 spiro atoms. The minimum atomic E-state index is -4.51. The van der Waals surface area contributed by atoms with E-state index < -0.39 is 38.4 Å². The monoisotopic (exact) mass is 529 g/mol. The van der Waals surface area contributed by atoms with Crippen molar-refractivity contribution in [2.45, 2.75) is 39.8 Å². The van der Waals surface area contributed by atoms with E-state index in [1.54, 1.807) is 0 Å². The van der Waals surface area contributed by atoms with Gasteiger partial charge in [0.15, 0.2) is 6.10 Å². The van der Waals surface area contributed by atoms with E-state index in [2.05, 4.69) is 20.7 Å². The Balaban J connectivity index is 3.86. The summed E-state index contributed by atoms with van der Waals surface area (Å²) in [4.78, 5) is 54.6. The van der Waals surface area contributed by atoms with E-state index in [9.17, 15) is 28.6 Å². The maximum absolute atomic E-state index is 11.9. The molecule has 0 heterocycles.